The number of hydrogen-bond donors (Lipinski definition) is 1. The number of ether oxygens (including phenoxy) is 1. The fourth-order valence-corrected chi connectivity index (χ4v) is 5.11. The van der Waals surface area contributed by atoms with Crippen molar-refractivity contribution < 1.29 is 23.5 Å². The van der Waals surface area contributed by atoms with Gasteiger partial charge in [-0.2, -0.15) is 0 Å². The van der Waals surface area contributed by atoms with Gasteiger partial charge in [0.25, 0.3) is 0 Å². The van der Waals surface area contributed by atoms with Crippen LogP contribution in [0, 0.1) is 5.82 Å². The molecule has 7 nitrogen and oxygen atoms in total. The highest BCUT2D eigenvalue weighted by Crippen LogP contribution is 2.35. The normalized spacial score (nSPS) is 25.0. The summed E-state index contributed by atoms with van der Waals surface area (Å²) in [5.41, 5.74) is 0.776. The predicted molar refractivity (Wildman–Crippen MR) is 128 cm³/mol. The van der Waals surface area contributed by atoms with E-state index in [4.69, 9.17) is 4.74 Å². The number of carbonyl (C=O) groups excluding carboxylic acids is 3. The molecule has 34 heavy (non-hydrogen) atoms. The lowest BCUT2D eigenvalue weighted by Crippen LogP contribution is -2.60. The van der Waals surface area contributed by atoms with Gasteiger partial charge < -0.3 is 19.9 Å². The molecule has 2 fully saturated rings. The molecule has 8 heteroatoms. The highest BCUT2D eigenvalue weighted by atomic mass is 19.1. The Hall–Kier alpha value is -2.48. The van der Waals surface area contributed by atoms with E-state index in [0.29, 0.717) is 26.0 Å². The molecule has 1 aliphatic heterocycles. The lowest BCUT2D eigenvalue weighted by Gasteiger charge is -2.42. The van der Waals surface area contributed by atoms with Gasteiger partial charge in [0.2, 0.25) is 5.91 Å². The summed E-state index contributed by atoms with van der Waals surface area (Å²) >= 11 is 0. The molecule has 0 aromatic heterocycles. The molecule has 1 aromatic rings. The average Bonchev–Trinajstić information content (AvgIpc) is 2.83. The summed E-state index contributed by atoms with van der Waals surface area (Å²) < 4.78 is 20.4. The van der Waals surface area contributed by atoms with Gasteiger partial charge in [-0.3, -0.25) is 14.4 Å². The molecule has 2 aliphatic rings. The summed E-state index contributed by atoms with van der Waals surface area (Å²) in [4.78, 5) is 40.4. The maximum absolute atomic E-state index is 14.2. The molecular formula is C26H38FN3O4. The van der Waals surface area contributed by atoms with Crippen molar-refractivity contribution in [1.82, 2.24) is 15.1 Å². The van der Waals surface area contributed by atoms with E-state index in [1.807, 2.05) is 24.0 Å². The molecule has 0 radical (unpaired) electrons. The Bertz CT molecular complexity index is 854. The highest BCUT2D eigenvalue weighted by molar-refractivity contribution is 6.34. The molecule has 2 atom stereocenters. The third-order valence-corrected chi connectivity index (χ3v) is 7.00. The van der Waals surface area contributed by atoms with Gasteiger partial charge in [0, 0.05) is 27.1 Å². The van der Waals surface area contributed by atoms with Crippen molar-refractivity contribution in [3.63, 3.8) is 0 Å². The van der Waals surface area contributed by atoms with Crippen molar-refractivity contribution in [2.45, 2.75) is 82.4 Å². The van der Waals surface area contributed by atoms with Gasteiger partial charge in [0.15, 0.2) is 0 Å². The maximum Gasteiger partial charge on any atom is 0.311 e. The van der Waals surface area contributed by atoms with Crippen LogP contribution in [0.25, 0.3) is 0 Å². The molecule has 1 saturated heterocycles. The Balaban J connectivity index is 1.62. The standard InChI is InChI=1S/C26H38FN3O4/c1-4-8-24(31)30-16-7-11-22(28-25(32)26(33)29(2)3)23(30)17-34-19-14-12-18(13-15-19)20-9-5-6-10-21(20)27/h5-6,9-10,18-19,22-23H,4,7-8,11-17H2,1-3H3,(H,28,32). The topological polar surface area (TPSA) is 79.0 Å². The fraction of sp³-hybridized carbons (Fsp3) is 0.654. The first-order valence-corrected chi connectivity index (χ1v) is 12.5. The molecule has 3 rings (SSSR count). The van der Waals surface area contributed by atoms with Crippen molar-refractivity contribution in [3.05, 3.63) is 35.6 Å². The van der Waals surface area contributed by atoms with Crippen molar-refractivity contribution in [2.24, 2.45) is 0 Å². The summed E-state index contributed by atoms with van der Waals surface area (Å²) in [7, 11) is 3.08. The second kappa shape index (κ2) is 12.3. The van der Waals surface area contributed by atoms with Gasteiger partial charge in [-0.25, -0.2) is 4.39 Å². The zero-order valence-corrected chi connectivity index (χ0v) is 20.6. The molecule has 2 unspecified atom stereocenters. The molecule has 188 valence electrons. The zero-order valence-electron chi connectivity index (χ0n) is 20.6. The van der Waals surface area contributed by atoms with E-state index in [2.05, 4.69) is 5.32 Å². The van der Waals surface area contributed by atoms with Crippen LogP contribution in [-0.2, 0) is 19.1 Å². The van der Waals surface area contributed by atoms with Crippen LogP contribution in [0.2, 0.25) is 0 Å². The lowest BCUT2D eigenvalue weighted by atomic mass is 9.82. The van der Waals surface area contributed by atoms with Crippen LogP contribution in [0.4, 0.5) is 4.39 Å². The monoisotopic (exact) mass is 475 g/mol. The second-order valence-corrected chi connectivity index (χ2v) is 9.65. The van der Waals surface area contributed by atoms with Crippen LogP contribution in [0.1, 0.15) is 69.8 Å². The third-order valence-electron chi connectivity index (χ3n) is 7.00. The van der Waals surface area contributed by atoms with Gasteiger partial charge in [0.05, 0.1) is 24.8 Å². The maximum atomic E-state index is 14.2. The average molecular weight is 476 g/mol. The van der Waals surface area contributed by atoms with E-state index in [9.17, 15) is 18.8 Å². The Morgan fingerprint density at radius 3 is 2.47 bits per heavy atom. The van der Waals surface area contributed by atoms with Gasteiger partial charge >= 0.3 is 11.8 Å². The summed E-state index contributed by atoms with van der Waals surface area (Å²) in [6.07, 6.45) is 6.04. The summed E-state index contributed by atoms with van der Waals surface area (Å²) in [5.74, 6) is -1.16. The SMILES string of the molecule is CCCC(=O)N1CCCC(NC(=O)C(=O)N(C)C)C1COC1CCC(c2ccccc2F)CC1. The van der Waals surface area contributed by atoms with E-state index in [1.54, 1.807) is 6.07 Å². The molecule has 1 heterocycles. The molecular weight excluding hydrogens is 437 g/mol. The number of amides is 3. The van der Waals surface area contributed by atoms with Crippen LogP contribution >= 0.6 is 0 Å². The number of hydrogen-bond acceptors (Lipinski definition) is 4. The first kappa shape index (κ1) is 26.1. The van der Waals surface area contributed by atoms with Gasteiger partial charge in [0.1, 0.15) is 5.82 Å². The number of likely N-dealkylation sites (N-methyl/N-ethyl adjacent to an activating group) is 1. The minimum atomic E-state index is -0.657. The van der Waals surface area contributed by atoms with Gasteiger partial charge in [-0.1, -0.05) is 25.1 Å². The van der Waals surface area contributed by atoms with Crippen LogP contribution in [0.15, 0.2) is 24.3 Å². The van der Waals surface area contributed by atoms with Crippen LogP contribution in [0.3, 0.4) is 0 Å². The second-order valence-electron chi connectivity index (χ2n) is 9.65. The molecule has 3 amide bonds. The number of likely N-dealkylation sites (tertiary alicyclic amines) is 1. The molecule has 0 spiro atoms. The van der Waals surface area contributed by atoms with E-state index in [1.165, 1.54) is 25.1 Å². The Morgan fingerprint density at radius 2 is 1.82 bits per heavy atom. The zero-order chi connectivity index (χ0) is 24.7. The number of nitrogens with zero attached hydrogens (tertiary/aromatic N) is 2. The lowest BCUT2D eigenvalue weighted by molar-refractivity contribution is -0.146. The summed E-state index contributed by atoms with van der Waals surface area (Å²) in [5, 5.41) is 2.85. The third kappa shape index (κ3) is 6.56. The van der Waals surface area contributed by atoms with Crippen molar-refractivity contribution >= 4 is 17.7 Å². The smallest absolute Gasteiger partial charge is 0.311 e. The number of carbonyl (C=O) groups is 3. The Morgan fingerprint density at radius 1 is 1.12 bits per heavy atom. The first-order chi connectivity index (χ1) is 16.3. The fourth-order valence-electron chi connectivity index (χ4n) is 5.11. The highest BCUT2D eigenvalue weighted by Gasteiger charge is 2.37. The number of rotatable bonds is 7. The van der Waals surface area contributed by atoms with Crippen LogP contribution in [0.5, 0.6) is 0 Å². The minimum absolute atomic E-state index is 0.0350. The number of halogens is 1. The number of nitrogens with one attached hydrogen (secondary N) is 1. The number of piperidine rings is 1. The van der Waals surface area contributed by atoms with Gasteiger partial charge in [-0.05, 0) is 62.5 Å². The number of benzene rings is 1. The predicted octanol–water partition coefficient (Wildman–Crippen LogP) is 3.23. The summed E-state index contributed by atoms with van der Waals surface area (Å²) in [6.45, 7) is 2.91. The quantitative estimate of drug-likeness (QED) is 0.614. The molecule has 1 N–H and O–H groups in total. The summed E-state index contributed by atoms with van der Waals surface area (Å²) in [6, 6.07) is 6.32. The van der Waals surface area contributed by atoms with E-state index in [-0.39, 0.29) is 35.8 Å². The molecule has 1 saturated carbocycles. The van der Waals surface area contributed by atoms with Crippen LogP contribution in [-0.4, -0.2) is 73.0 Å². The van der Waals surface area contributed by atoms with Gasteiger partial charge in [-0.15, -0.1) is 0 Å². The molecule has 0 bridgehead atoms. The van der Waals surface area contributed by atoms with Crippen LogP contribution < -0.4 is 5.32 Å². The van der Waals surface area contributed by atoms with Crippen molar-refractivity contribution in [1.29, 1.82) is 0 Å². The molecule has 1 aliphatic carbocycles. The first-order valence-electron chi connectivity index (χ1n) is 12.5. The van der Waals surface area contributed by atoms with Crippen molar-refractivity contribution in [3.8, 4) is 0 Å². The van der Waals surface area contributed by atoms with Crippen molar-refractivity contribution in [2.75, 3.05) is 27.2 Å². The van der Waals surface area contributed by atoms with E-state index in [0.717, 1.165) is 44.1 Å². The molecule has 1 aromatic carbocycles. The largest absolute Gasteiger partial charge is 0.376 e. The Kier molecular flexibility index (Phi) is 9.45. The van der Waals surface area contributed by atoms with E-state index < -0.39 is 11.8 Å². The van der Waals surface area contributed by atoms with E-state index >= 15 is 0 Å². The Labute approximate surface area is 202 Å². The minimum Gasteiger partial charge on any atom is -0.376 e.